The first-order valence-electron chi connectivity index (χ1n) is 8.29. The van der Waals surface area contributed by atoms with Gasteiger partial charge < -0.3 is 14.9 Å². The van der Waals surface area contributed by atoms with E-state index < -0.39 is 6.09 Å². The molecule has 0 saturated carbocycles. The summed E-state index contributed by atoms with van der Waals surface area (Å²) in [6, 6.07) is 0.179. The second-order valence-corrected chi connectivity index (χ2v) is 6.58. The van der Waals surface area contributed by atoms with Crippen molar-refractivity contribution in [2.45, 2.75) is 38.3 Å². The van der Waals surface area contributed by atoms with Gasteiger partial charge in [-0.25, -0.2) is 9.78 Å². The van der Waals surface area contributed by atoms with Crippen LogP contribution in [0.5, 0.6) is 0 Å². The highest BCUT2D eigenvalue weighted by atomic mass is 35.5. The molecule has 0 radical (unpaired) electrons. The second-order valence-electron chi connectivity index (χ2n) is 6.24. The second kappa shape index (κ2) is 6.14. The van der Waals surface area contributed by atoms with E-state index in [1.807, 2.05) is 4.57 Å². The van der Waals surface area contributed by atoms with Crippen LogP contribution in [0.25, 0.3) is 5.69 Å². The molecule has 2 aromatic heterocycles. The molecule has 2 aromatic rings. The Morgan fingerprint density at radius 2 is 2.16 bits per heavy atom. The molecule has 4 heterocycles. The number of carboxylic acid groups (broad SMARTS) is 1. The quantitative estimate of drug-likeness (QED) is 0.815. The lowest BCUT2D eigenvalue weighted by atomic mass is 9.98. The summed E-state index contributed by atoms with van der Waals surface area (Å²) in [5, 5.41) is 17.7. The van der Waals surface area contributed by atoms with Crippen LogP contribution in [0.1, 0.15) is 38.1 Å². The van der Waals surface area contributed by atoms with Crippen LogP contribution in [0, 0.1) is 0 Å². The first kappa shape index (κ1) is 16.1. The van der Waals surface area contributed by atoms with Crippen LogP contribution in [-0.4, -0.2) is 60.0 Å². The molecule has 4 rings (SSSR count). The molecule has 1 fully saturated rings. The lowest BCUT2D eigenvalue weighted by Gasteiger charge is -2.44. The number of fused-ring (bicyclic) bond motifs is 3. The molecule has 132 valence electrons. The minimum absolute atomic E-state index is 0.0161. The normalized spacial score (nSPS) is 20.3. The summed E-state index contributed by atoms with van der Waals surface area (Å²) >= 11 is 6.06. The van der Waals surface area contributed by atoms with Crippen molar-refractivity contribution in [2.24, 2.45) is 0 Å². The van der Waals surface area contributed by atoms with E-state index in [1.54, 1.807) is 12.5 Å². The number of hydrogen-bond acceptors (Lipinski definition) is 6. The van der Waals surface area contributed by atoms with Gasteiger partial charge in [0.15, 0.2) is 11.6 Å². The highest BCUT2D eigenvalue weighted by Gasteiger charge is 2.39. The maximum atomic E-state index is 11.2. The van der Waals surface area contributed by atoms with Gasteiger partial charge in [0.05, 0.1) is 12.2 Å². The number of rotatable bonds is 2. The van der Waals surface area contributed by atoms with E-state index in [0.29, 0.717) is 13.1 Å². The molecule has 2 aliphatic rings. The Morgan fingerprint density at radius 1 is 1.40 bits per heavy atom. The number of likely N-dealkylation sites (tertiary alicyclic amines) is 1. The molecule has 2 aliphatic heterocycles. The highest BCUT2D eigenvalue weighted by molar-refractivity contribution is 6.28. The Kier molecular flexibility index (Phi) is 3.95. The monoisotopic (exact) mass is 363 g/mol. The summed E-state index contributed by atoms with van der Waals surface area (Å²) < 4.78 is 1.91. The van der Waals surface area contributed by atoms with Crippen LogP contribution >= 0.6 is 11.6 Å². The predicted molar refractivity (Wildman–Crippen MR) is 90.1 cm³/mol. The SMILES string of the molecule is CCC1c2nncn2-c2cnc(Cl)nc2N1C1CCN(C(=O)O)CC1. The molecule has 1 amide bonds. The van der Waals surface area contributed by atoms with E-state index in [1.165, 1.54) is 4.90 Å². The molecule has 1 atom stereocenters. The zero-order valence-electron chi connectivity index (χ0n) is 13.7. The third kappa shape index (κ3) is 2.58. The van der Waals surface area contributed by atoms with Crippen molar-refractivity contribution in [3.63, 3.8) is 0 Å². The molecular weight excluding hydrogens is 346 g/mol. The Bertz CT molecular complexity index is 803. The zero-order valence-corrected chi connectivity index (χ0v) is 14.5. The fourth-order valence-electron chi connectivity index (χ4n) is 3.78. The molecule has 0 aromatic carbocycles. The van der Waals surface area contributed by atoms with Crippen molar-refractivity contribution in [1.29, 1.82) is 0 Å². The molecule has 1 unspecified atom stereocenters. The smallest absolute Gasteiger partial charge is 0.407 e. The lowest BCUT2D eigenvalue weighted by Crippen LogP contribution is -2.49. The number of halogens is 1. The van der Waals surface area contributed by atoms with Crippen LogP contribution in [0.2, 0.25) is 5.28 Å². The van der Waals surface area contributed by atoms with E-state index >= 15 is 0 Å². The number of aromatic nitrogens is 5. The van der Waals surface area contributed by atoms with Crippen LogP contribution in [0.15, 0.2) is 12.5 Å². The summed E-state index contributed by atoms with van der Waals surface area (Å²) in [5.41, 5.74) is 0.801. The van der Waals surface area contributed by atoms with E-state index in [9.17, 15) is 9.90 Å². The van der Waals surface area contributed by atoms with Crippen molar-refractivity contribution in [3.8, 4) is 5.69 Å². The van der Waals surface area contributed by atoms with E-state index in [-0.39, 0.29) is 17.4 Å². The highest BCUT2D eigenvalue weighted by Crippen LogP contribution is 2.41. The first-order chi connectivity index (χ1) is 12.1. The Hall–Kier alpha value is -2.42. The molecule has 9 nitrogen and oxygen atoms in total. The lowest BCUT2D eigenvalue weighted by molar-refractivity contribution is 0.130. The molecule has 0 spiro atoms. The first-order valence-corrected chi connectivity index (χ1v) is 8.67. The van der Waals surface area contributed by atoms with Crippen molar-refractivity contribution in [1.82, 2.24) is 29.6 Å². The summed E-state index contributed by atoms with van der Waals surface area (Å²) in [6.07, 6.45) is 4.78. The van der Waals surface area contributed by atoms with Crippen LogP contribution < -0.4 is 4.90 Å². The average molecular weight is 364 g/mol. The maximum Gasteiger partial charge on any atom is 0.407 e. The molecule has 0 bridgehead atoms. The third-order valence-corrected chi connectivity index (χ3v) is 5.13. The van der Waals surface area contributed by atoms with Gasteiger partial charge in [0.2, 0.25) is 5.28 Å². The summed E-state index contributed by atoms with van der Waals surface area (Å²) in [7, 11) is 0. The topological polar surface area (TPSA) is 100 Å². The fourth-order valence-corrected chi connectivity index (χ4v) is 3.91. The van der Waals surface area contributed by atoms with Crippen LogP contribution in [-0.2, 0) is 0 Å². The van der Waals surface area contributed by atoms with Gasteiger partial charge in [-0.05, 0) is 30.9 Å². The van der Waals surface area contributed by atoms with Crippen LogP contribution in [0.3, 0.4) is 0 Å². The summed E-state index contributed by atoms with van der Waals surface area (Å²) in [4.78, 5) is 23.4. The van der Waals surface area contributed by atoms with E-state index in [2.05, 4.69) is 32.0 Å². The number of carbonyl (C=O) groups is 1. The Balaban J connectivity index is 1.74. The molecular formula is C15H18ClN7O2. The van der Waals surface area contributed by atoms with Gasteiger partial charge in [0.25, 0.3) is 0 Å². The molecule has 1 N–H and O–H groups in total. The molecule has 1 saturated heterocycles. The molecule has 0 aliphatic carbocycles. The number of nitrogens with zero attached hydrogens (tertiary/aromatic N) is 7. The minimum atomic E-state index is -0.866. The van der Waals surface area contributed by atoms with Crippen LogP contribution in [0.4, 0.5) is 10.6 Å². The summed E-state index contributed by atoms with van der Waals surface area (Å²) in [6.45, 7) is 3.11. The van der Waals surface area contributed by atoms with Gasteiger partial charge in [0.1, 0.15) is 12.0 Å². The van der Waals surface area contributed by atoms with Crippen molar-refractivity contribution >= 4 is 23.5 Å². The van der Waals surface area contributed by atoms with Gasteiger partial charge in [-0.3, -0.25) is 4.57 Å². The van der Waals surface area contributed by atoms with E-state index in [4.69, 9.17) is 11.6 Å². The van der Waals surface area contributed by atoms with Crippen molar-refractivity contribution < 1.29 is 9.90 Å². The summed E-state index contributed by atoms with van der Waals surface area (Å²) in [5.74, 6) is 1.61. The largest absolute Gasteiger partial charge is 0.465 e. The van der Waals surface area contributed by atoms with Gasteiger partial charge in [-0.1, -0.05) is 6.92 Å². The number of anilines is 1. The van der Waals surface area contributed by atoms with E-state index in [0.717, 1.165) is 36.6 Å². The minimum Gasteiger partial charge on any atom is -0.465 e. The van der Waals surface area contributed by atoms with Gasteiger partial charge in [-0.2, -0.15) is 4.98 Å². The number of hydrogen-bond donors (Lipinski definition) is 1. The Morgan fingerprint density at radius 3 is 2.84 bits per heavy atom. The number of piperidine rings is 1. The third-order valence-electron chi connectivity index (χ3n) is 4.95. The number of amides is 1. The van der Waals surface area contributed by atoms with Crippen molar-refractivity contribution in [3.05, 3.63) is 23.6 Å². The average Bonchev–Trinajstić information content (AvgIpc) is 3.10. The Labute approximate surface area is 149 Å². The fraction of sp³-hybridized carbons (Fsp3) is 0.533. The standard InChI is InChI=1S/C15H18ClN7O2/c1-2-10-13-20-18-8-22(13)11-7-17-14(16)19-12(11)23(10)9-3-5-21(6-4-9)15(24)25/h7-10H,2-6H2,1H3,(H,24,25). The van der Waals surface area contributed by atoms with Gasteiger partial charge in [-0.15, -0.1) is 10.2 Å². The zero-order chi connectivity index (χ0) is 17.6. The van der Waals surface area contributed by atoms with Gasteiger partial charge >= 0.3 is 6.09 Å². The maximum absolute atomic E-state index is 11.2. The van der Waals surface area contributed by atoms with Gasteiger partial charge in [0, 0.05) is 19.1 Å². The molecule has 25 heavy (non-hydrogen) atoms. The molecule has 10 heteroatoms. The van der Waals surface area contributed by atoms with Crippen molar-refractivity contribution in [2.75, 3.05) is 18.0 Å². The predicted octanol–water partition coefficient (Wildman–Crippen LogP) is 2.12.